The highest BCUT2D eigenvalue weighted by molar-refractivity contribution is 5.83. The Balaban J connectivity index is 1.92. The van der Waals surface area contributed by atoms with E-state index in [1.807, 2.05) is 81.4 Å². The standard InChI is InChI=1S/C23H27NO5/c1-23(2,3)21-24(22(26)28-15-16-11-7-5-8-12-16)18(20(25)27-4)19(29-21)17-13-9-6-10-14-17/h5-14,18-19,21H,15H2,1-4H3/t18-,19+,21-/m0/s1. The highest BCUT2D eigenvalue weighted by atomic mass is 16.6. The zero-order chi connectivity index (χ0) is 21.0. The van der Waals surface area contributed by atoms with Crippen LogP contribution in [0.5, 0.6) is 0 Å². The summed E-state index contributed by atoms with van der Waals surface area (Å²) in [6.07, 6.45) is -1.90. The number of methoxy groups -OCH3 is 1. The average Bonchev–Trinajstić information content (AvgIpc) is 3.14. The Morgan fingerprint density at radius 1 is 1.00 bits per heavy atom. The van der Waals surface area contributed by atoms with Gasteiger partial charge in [-0.25, -0.2) is 9.59 Å². The quantitative estimate of drug-likeness (QED) is 0.720. The Labute approximate surface area is 171 Å². The molecule has 1 saturated heterocycles. The van der Waals surface area contributed by atoms with Gasteiger partial charge in [0.15, 0.2) is 6.04 Å². The fourth-order valence-corrected chi connectivity index (χ4v) is 3.46. The highest BCUT2D eigenvalue weighted by Gasteiger charge is 2.54. The van der Waals surface area contributed by atoms with Gasteiger partial charge in [0.25, 0.3) is 0 Å². The monoisotopic (exact) mass is 397 g/mol. The topological polar surface area (TPSA) is 65.1 Å². The van der Waals surface area contributed by atoms with Gasteiger partial charge in [0.2, 0.25) is 0 Å². The molecule has 3 atom stereocenters. The average molecular weight is 397 g/mol. The lowest BCUT2D eigenvalue weighted by atomic mass is 9.93. The summed E-state index contributed by atoms with van der Waals surface area (Å²) in [6.45, 7) is 5.97. The van der Waals surface area contributed by atoms with Gasteiger partial charge in [0.05, 0.1) is 7.11 Å². The number of ether oxygens (including phenoxy) is 3. The molecule has 154 valence electrons. The summed E-state index contributed by atoms with van der Waals surface area (Å²) in [5.74, 6) is -0.540. The Morgan fingerprint density at radius 3 is 2.14 bits per heavy atom. The molecule has 1 aliphatic rings. The largest absolute Gasteiger partial charge is 0.467 e. The van der Waals surface area contributed by atoms with E-state index in [2.05, 4.69) is 0 Å². The summed E-state index contributed by atoms with van der Waals surface area (Å²) < 4.78 is 16.8. The molecule has 0 saturated carbocycles. The maximum Gasteiger partial charge on any atom is 0.413 e. The van der Waals surface area contributed by atoms with Gasteiger partial charge in [-0.05, 0) is 11.1 Å². The SMILES string of the molecule is COC(=O)[C@@H]1[C@@H](c2ccccc2)O[C@@H](C(C)(C)C)N1C(=O)OCc1ccccc1. The minimum Gasteiger partial charge on any atom is -0.467 e. The molecular formula is C23H27NO5. The van der Waals surface area contributed by atoms with E-state index < -0.39 is 35.9 Å². The number of hydrogen-bond acceptors (Lipinski definition) is 5. The van der Waals surface area contributed by atoms with Crippen molar-refractivity contribution < 1.29 is 23.8 Å². The molecule has 0 N–H and O–H groups in total. The highest BCUT2D eigenvalue weighted by Crippen LogP contribution is 2.42. The van der Waals surface area contributed by atoms with Crippen LogP contribution in [0, 0.1) is 5.41 Å². The van der Waals surface area contributed by atoms with Gasteiger partial charge in [-0.1, -0.05) is 81.4 Å². The molecule has 2 aromatic rings. The predicted molar refractivity (Wildman–Crippen MR) is 108 cm³/mol. The fourth-order valence-electron chi connectivity index (χ4n) is 3.46. The third kappa shape index (κ3) is 4.59. The summed E-state index contributed by atoms with van der Waals surface area (Å²) in [4.78, 5) is 27.2. The van der Waals surface area contributed by atoms with Gasteiger partial charge in [-0.15, -0.1) is 0 Å². The number of amides is 1. The summed E-state index contributed by atoms with van der Waals surface area (Å²) in [5.41, 5.74) is 1.22. The molecular weight excluding hydrogens is 370 g/mol. The molecule has 0 radical (unpaired) electrons. The molecule has 0 bridgehead atoms. The molecule has 0 aliphatic carbocycles. The maximum atomic E-state index is 13.1. The van der Waals surface area contributed by atoms with Gasteiger partial charge in [-0.2, -0.15) is 0 Å². The van der Waals surface area contributed by atoms with Crippen LogP contribution in [0.2, 0.25) is 0 Å². The molecule has 0 unspecified atom stereocenters. The van der Waals surface area contributed by atoms with E-state index in [4.69, 9.17) is 14.2 Å². The number of esters is 1. The minimum absolute atomic E-state index is 0.108. The lowest BCUT2D eigenvalue weighted by molar-refractivity contribution is -0.146. The van der Waals surface area contributed by atoms with Gasteiger partial charge in [0.1, 0.15) is 18.9 Å². The summed E-state index contributed by atoms with van der Waals surface area (Å²) in [5, 5.41) is 0. The molecule has 6 nitrogen and oxygen atoms in total. The van der Waals surface area contributed by atoms with Gasteiger partial charge >= 0.3 is 12.1 Å². The normalized spacial score (nSPS) is 21.7. The first-order chi connectivity index (χ1) is 13.8. The third-order valence-corrected chi connectivity index (χ3v) is 4.84. The third-order valence-electron chi connectivity index (χ3n) is 4.84. The summed E-state index contributed by atoms with van der Waals surface area (Å²) >= 11 is 0. The molecule has 3 rings (SSSR count). The van der Waals surface area contributed by atoms with E-state index in [0.29, 0.717) is 0 Å². The van der Waals surface area contributed by atoms with Crippen LogP contribution in [-0.4, -0.2) is 36.3 Å². The smallest absolute Gasteiger partial charge is 0.413 e. The molecule has 29 heavy (non-hydrogen) atoms. The fraction of sp³-hybridized carbons (Fsp3) is 0.391. The van der Waals surface area contributed by atoms with E-state index in [0.717, 1.165) is 11.1 Å². The Bertz CT molecular complexity index is 831. The van der Waals surface area contributed by atoms with E-state index >= 15 is 0 Å². The number of carbonyl (C=O) groups excluding carboxylic acids is 2. The summed E-state index contributed by atoms with van der Waals surface area (Å²) in [7, 11) is 1.31. The first-order valence-electron chi connectivity index (χ1n) is 9.60. The molecule has 0 aromatic heterocycles. The van der Waals surface area contributed by atoms with Crippen molar-refractivity contribution in [2.24, 2.45) is 5.41 Å². The van der Waals surface area contributed by atoms with E-state index in [1.165, 1.54) is 12.0 Å². The first kappa shape index (κ1) is 20.9. The van der Waals surface area contributed by atoms with Crippen LogP contribution in [0.4, 0.5) is 4.79 Å². The van der Waals surface area contributed by atoms with Gasteiger partial charge in [-0.3, -0.25) is 4.90 Å². The number of rotatable bonds is 4. The second kappa shape index (κ2) is 8.66. The van der Waals surface area contributed by atoms with Crippen molar-refractivity contribution in [1.29, 1.82) is 0 Å². The first-order valence-corrected chi connectivity index (χ1v) is 9.60. The van der Waals surface area contributed by atoms with Crippen LogP contribution in [0.1, 0.15) is 38.0 Å². The Hall–Kier alpha value is -2.86. The van der Waals surface area contributed by atoms with Crippen LogP contribution in [0.15, 0.2) is 60.7 Å². The van der Waals surface area contributed by atoms with Crippen LogP contribution >= 0.6 is 0 Å². The van der Waals surface area contributed by atoms with E-state index in [-0.39, 0.29) is 6.61 Å². The van der Waals surface area contributed by atoms with Gasteiger partial charge in [0, 0.05) is 5.41 Å². The van der Waals surface area contributed by atoms with Crippen LogP contribution in [-0.2, 0) is 25.6 Å². The van der Waals surface area contributed by atoms with Crippen LogP contribution < -0.4 is 0 Å². The zero-order valence-electron chi connectivity index (χ0n) is 17.2. The van der Waals surface area contributed by atoms with Crippen molar-refractivity contribution in [2.45, 2.75) is 45.8 Å². The molecule has 1 amide bonds. The van der Waals surface area contributed by atoms with Crippen LogP contribution in [0.25, 0.3) is 0 Å². The van der Waals surface area contributed by atoms with Crippen molar-refractivity contribution >= 4 is 12.1 Å². The lowest BCUT2D eigenvalue weighted by Crippen LogP contribution is -2.50. The maximum absolute atomic E-state index is 13.1. The Morgan fingerprint density at radius 2 is 1.59 bits per heavy atom. The van der Waals surface area contributed by atoms with Crippen molar-refractivity contribution in [1.82, 2.24) is 4.90 Å². The lowest BCUT2D eigenvalue weighted by Gasteiger charge is -2.34. The van der Waals surface area contributed by atoms with E-state index in [1.54, 1.807) is 0 Å². The Kier molecular flexibility index (Phi) is 6.23. The van der Waals surface area contributed by atoms with Crippen LogP contribution in [0.3, 0.4) is 0 Å². The second-order valence-corrected chi connectivity index (χ2v) is 8.10. The summed E-state index contributed by atoms with van der Waals surface area (Å²) in [6, 6.07) is 17.8. The van der Waals surface area contributed by atoms with Crippen molar-refractivity contribution in [2.75, 3.05) is 7.11 Å². The number of hydrogen-bond donors (Lipinski definition) is 0. The van der Waals surface area contributed by atoms with Gasteiger partial charge < -0.3 is 14.2 Å². The molecule has 1 aliphatic heterocycles. The predicted octanol–water partition coefficient (Wildman–Crippen LogP) is 4.31. The van der Waals surface area contributed by atoms with Crippen molar-refractivity contribution in [3.63, 3.8) is 0 Å². The number of benzene rings is 2. The second-order valence-electron chi connectivity index (χ2n) is 8.10. The van der Waals surface area contributed by atoms with E-state index in [9.17, 15) is 9.59 Å². The molecule has 6 heteroatoms. The van der Waals surface area contributed by atoms with Crippen molar-refractivity contribution in [3.8, 4) is 0 Å². The minimum atomic E-state index is -0.935. The molecule has 2 aromatic carbocycles. The number of nitrogens with zero attached hydrogens (tertiary/aromatic N) is 1. The molecule has 0 spiro atoms. The molecule has 1 fully saturated rings. The van der Waals surface area contributed by atoms with Crippen molar-refractivity contribution in [3.05, 3.63) is 71.8 Å². The molecule has 1 heterocycles. The number of carbonyl (C=O) groups is 2. The zero-order valence-corrected chi connectivity index (χ0v) is 17.2.